The number of aryl methyl sites for hydroxylation is 1. The van der Waals surface area contributed by atoms with E-state index in [-0.39, 0.29) is 17.9 Å². The summed E-state index contributed by atoms with van der Waals surface area (Å²) in [6.45, 7) is 4.13. The average molecular weight is 308 g/mol. The Labute approximate surface area is 135 Å². The van der Waals surface area contributed by atoms with E-state index in [0.717, 1.165) is 16.6 Å². The lowest BCUT2D eigenvalue weighted by Gasteiger charge is -2.22. The first kappa shape index (κ1) is 15.2. The highest BCUT2D eigenvalue weighted by Gasteiger charge is 2.23. The second-order valence-electron chi connectivity index (χ2n) is 6.01. The van der Waals surface area contributed by atoms with Gasteiger partial charge in [0.15, 0.2) is 0 Å². The molecule has 0 aliphatic rings. The summed E-state index contributed by atoms with van der Waals surface area (Å²) in [5.41, 5.74) is 0.420. The molecule has 2 aromatic heterocycles. The summed E-state index contributed by atoms with van der Waals surface area (Å²) in [6, 6.07) is 9.53. The molecule has 3 rings (SSSR count). The maximum absolute atomic E-state index is 12.6. The summed E-state index contributed by atoms with van der Waals surface area (Å²) in [5, 5.41) is 5.08. The third kappa shape index (κ3) is 3.08. The molecule has 0 aliphatic carbocycles. The van der Waals surface area contributed by atoms with Crippen molar-refractivity contribution in [3.8, 4) is 0 Å². The van der Waals surface area contributed by atoms with E-state index in [0.29, 0.717) is 5.69 Å². The van der Waals surface area contributed by atoms with E-state index in [2.05, 4.69) is 29.1 Å². The van der Waals surface area contributed by atoms with Crippen LogP contribution in [0.2, 0.25) is 0 Å². The lowest BCUT2D eigenvalue weighted by molar-refractivity contribution is 0.0917. The van der Waals surface area contributed by atoms with Gasteiger partial charge in [0, 0.05) is 31.0 Å². The quantitative estimate of drug-likeness (QED) is 0.805. The fourth-order valence-corrected chi connectivity index (χ4v) is 2.63. The van der Waals surface area contributed by atoms with Crippen molar-refractivity contribution in [1.29, 1.82) is 0 Å². The van der Waals surface area contributed by atoms with Crippen LogP contribution < -0.4 is 5.32 Å². The van der Waals surface area contributed by atoms with E-state index in [4.69, 9.17) is 0 Å². The maximum Gasteiger partial charge on any atom is 0.270 e. The Morgan fingerprint density at radius 2 is 1.91 bits per heavy atom. The number of hydrogen-bond acceptors (Lipinski definition) is 3. The van der Waals surface area contributed by atoms with Crippen LogP contribution in [0.4, 0.5) is 0 Å². The third-order valence-electron chi connectivity index (χ3n) is 3.95. The van der Waals surface area contributed by atoms with Crippen LogP contribution in [0, 0.1) is 5.92 Å². The molecule has 1 aromatic carbocycles. The smallest absolute Gasteiger partial charge is 0.270 e. The zero-order valence-electron chi connectivity index (χ0n) is 13.5. The molecule has 23 heavy (non-hydrogen) atoms. The molecule has 1 amide bonds. The van der Waals surface area contributed by atoms with Gasteiger partial charge in [-0.25, -0.2) is 4.98 Å². The normalized spacial score (nSPS) is 12.5. The van der Waals surface area contributed by atoms with E-state index < -0.39 is 0 Å². The van der Waals surface area contributed by atoms with E-state index in [1.54, 1.807) is 12.4 Å². The maximum atomic E-state index is 12.6. The van der Waals surface area contributed by atoms with Crippen molar-refractivity contribution < 1.29 is 4.79 Å². The van der Waals surface area contributed by atoms with Crippen molar-refractivity contribution in [1.82, 2.24) is 19.9 Å². The van der Waals surface area contributed by atoms with Crippen molar-refractivity contribution in [3.63, 3.8) is 0 Å². The SMILES string of the molecule is CC(C)C(NC(=O)c1cc2ccccc2cn1)c1nccn1C. The first-order chi connectivity index (χ1) is 11.1. The monoisotopic (exact) mass is 308 g/mol. The van der Waals surface area contributed by atoms with E-state index in [1.807, 2.05) is 48.1 Å². The Hall–Kier alpha value is -2.69. The number of fused-ring (bicyclic) bond motifs is 1. The van der Waals surface area contributed by atoms with Gasteiger partial charge in [0.05, 0.1) is 6.04 Å². The first-order valence-electron chi connectivity index (χ1n) is 7.69. The summed E-state index contributed by atoms with van der Waals surface area (Å²) in [6.07, 6.45) is 5.35. The molecular formula is C18H20N4O. The lowest BCUT2D eigenvalue weighted by atomic mass is 10.0. The minimum atomic E-state index is -0.183. The Morgan fingerprint density at radius 3 is 2.57 bits per heavy atom. The molecule has 0 radical (unpaired) electrons. The summed E-state index contributed by atoms with van der Waals surface area (Å²) < 4.78 is 1.93. The number of nitrogens with one attached hydrogen (secondary N) is 1. The van der Waals surface area contributed by atoms with Crippen LogP contribution in [0.5, 0.6) is 0 Å². The number of hydrogen-bond donors (Lipinski definition) is 1. The van der Waals surface area contributed by atoms with Crippen LogP contribution in [0.1, 0.15) is 36.2 Å². The molecule has 1 atom stereocenters. The topological polar surface area (TPSA) is 59.8 Å². The van der Waals surface area contributed by atoms with Gasteiger partial charge in [-0.05, 0) is 17.4 Å². The Morgan fingerprint density at radius 1 is 1.17 bits per heavy atom. The molecule has 3 aromatic rings. The number of carbonyl (C=O) groups is 1. The number of aromatic nitrogens is 3. The number of nitrogens with zero attached hydrogens (tertiary/aromatic N) is 3. The van der Waals surface area contributed by atoms with Crippen LogP contribution in [-0.2, 0) is 7.05 Å². The summed E-state index contributed by atoms with van der Waals surface area (Å²) >= 11 is 0. The molecule has 5 nitrogen and oxygen atoms in total. The molecule has 0 fully saturated rings. The second-order valence-corrected chi connectivity index (χ2v) is 6.01. The van der Waals surface area contributed by atoms with Gasteiger partial charge in [-0.15, -0.1) is 0 Å². The Balaban J connectivity index is 1.87. The molecule has 118 valence electrons. The van der Waals surface area contributed by atoms with Gasteiger partial charge in [-0.3, -0.25) is 9.78 Å². The average Bonchev–Trinajstić information content (AvgIpc) is 2.97. The van der Waals surface area contributed by atoms with E-state index in [9.17, 15) is 4.79 Å². The number of imidazole rings is 1. The fourth-order valence-electron chi connectivity index (χ4n) is 2.63. The standard InChI is InChI=1S/C18H20N4O/c1-12(2)16(17-19-8-9-22(17)3)21-18(23)15-10-13-6-4-5-7-14(13)11-20-15/h4-12,16H,1-3H3,(H,21,23). The van der Waals surface area contributed by atoms with Crippen LogP contribution >= 0.6 is 0 Å². The van der Waals surface area contributed by atoms with Crippen molar-refractivity contribution in [2.75, 3.05) is 0 Å². The number of rotatable bonds is 4. The molecule has 1 unspecified atom stereocenters. The van der Waals surface area contributed by atoms with E-state index in [1.165, 1.54) is 0 Å². The first-order valence-corrected chi connectivity index (χ1v) is 7.69. The largest absolute Gasteiger partial charge is 0.340 e. The molecule has 2 heterocycles. The van der Waals surface area contributed by atoms with Gasteiger partial charge in [0.25, 0.3) is 5.91 Å². The minimum absolute atomic E-state index is 0.157. The van der Waals surface area contributed by atoms with Gasteiger partial charge < -0.3 is 9.88 Å². The van der Waals surface area contributed by atoms with Gasteiger partial charge in [-0.2, -0.15) is 0 Å². The lowest BCUT2D eigenvalue weighted by Crippen LogP contribution is -2.33. The molecule has 0 spiro atoms. The van der Waals surface area contributed by atoms with Crippen LogP contribution in [0.15, 0.2) is 48.9 Å². The third-order valence-corrected chi connectivity index (χ3v) is 3.95. The zero-order chi connectivity index (χ0) is 16.4. The van der Waals surface area contributed by atoms with Crippen LogP contribution in [-0.4, -0.2) is 20.4 Å². The molecule has 0 aliphatic heterocycles. The highest BCUT2D eigenvalue weighted by molar-refractivity contribution is 5.96. The summed E-state index contributed by atoms with van der Waals surface area (Å²) in [7, 11) is 1.93. The minimum Gasteiger partial charge on any atom is -0.340 e. The molecule has 0 bridgehead atoms. The molecule has 1 N–H and O–H groups in total. The van der Waals surface area contributed by atoms with Gasteiger partial charge in [0.1, 0.15) is 11.5 Å². The molecule has 5 heteroatoms. The Bertz CT molecular complexity index is 838. The number of pyridine rings is 1. The highest BCUT2D eigenvalue weighted by Crippen LogP contribution is 2.20. The van der Waals surface area contributed by atoms with Crippen LogP contribution in [0.25, 0.3) is 10.8 Å². The van der Waals surface area contributed by atoms with Crippen molar-refractivity contribution in [2.45, 2.75) is 19.9 Å². The number of carbonyl (C=O) groups excluding carboxylic acids is 1. The van der Waals surface area contributed by atoms with Crippen molar-refractivity contribution in [2.24, 2.45) is 13.0 Å². The molecule has 0 saturated carbocycles. The summed E-state index contributed by atoms with van der Waals surface area (Å²) in [4.78, 5) is 21.2. The predicted octanol–water partition coefficient (Wildman–Crippen LogP) is 3.10. The highest BCUT2D eigenvalue weighted by atomic mass is 16.1. The molecule has 0 saturated heterocycles. The van der Waals surface area contributed by atoms with Gasteiger partial charge >= 0.3 is 0 Å². The fraction of sp³-hybridized carbons (Fsp3) is 0.278. The van der Waals surface area contributed by atoms with Crippen molar-refractivity contribution in [3.05, 3.63) is 60.4 Å². The zero-order valence-corrected chi connectivity index (χ0v) is 13.5. The van der Waals surface area contributed by atoms with E-state index >= 15 is 0 Å². The van der Waals surface area contributed by atoms with Gasteiger partial charge in [-0.1, -0.05) is 38.1 Å². The molecular weight excluding hydrogens is 288 g/mol. The summed E-state index contributed by atoms with van der Waals surface area (Å²) in [5.74, 6) is 0.882. The predicted molar refractivity (Wildman–Crippen MR) is 90.0 cm³/mol. The second kappa shape index (κ2) is 6.20. The van der Waals surface area contributed by atoms with Crippen LogP contribution in [0.3, 0.4) is 0 Å². The van der Waals surface area contributed by atoms with Gasteiger partial charge in [0.2, 0.25) is 0 Å². The number of benzene rings is 1. The Kier molecular flexibility index (Phi) is 4.10. The number of amides is 1. The van der Waals surface area contributed by atoms with Crippen molar-refractivity contribution >= 4 is 16.7 Å².